The second-order valence-electron chi connectivity index (χ2n) is 3.91. The zero-order chi connectivity index (χ0) is 11.7. The number of anilines is 1. The molecule has 0 atom stereocenters. The number of rotatable bonds is 1. The summed E-state index contributed by atoms with van der Waals surface area (Å²) in [6.45, 7) is 3.81. The molecule has 2 N–H and O–H groups in total. The SMILES string of the molecule is Cc1ccc(F)c(-c2cc(C)c(N)cn2)c1. The van der Waals surface area contributed by atoms with Crippen molar-refractivity contribution in [1.82, 2.24) is 4.98 Å². The molecule has 0 saturated heterocycles. The fourth-order valence-corrected chi connectivity index (χ4v) is 1.55. The molecule has 0 radical (unpaired) electrons. The molecule has 1 aromatic heterocycles. The lowest BCUT2D eigenvalue weighted by molar-refractivity contribution is 0.630. The Labute approximate surface area is 93.9 Å². The van der Waals surface area contributed by atoms with E-state index in [2.05, 4.69) is 4.98 Å². The second-order valence-corrected chi connectivity index (χ2v) is 3.91. The summed E-state index contributed by atoms with van der Waals surface area (Å²) in [7, 11) is 0. The van der Waals surface area contributed by atoms with Gasteiger partial charge in [-0.05, 0) is 37.6 Å². The Kier molecular flexibility index (Phi) is 2.60. The van der Waals surface area contributed by atoms with Gasteiger partial charge < -0.3 is 5.73 Å². The molecule has 0 spiro atoms. The number of nitrogen functional groups attached to an aromatic ring is 1. The van der Waals surface area contributed by atoms with E-state index in [1.165, 1.54) is 6.07 Å². The number of halogens is 1. The second kappa shape index (κ2) is 3.93. The monoisotopic (exact) mass is 216 g/mol. The average Bonchev–Trinajstić information content (AvgIpc) is 2.26. The van der Waals surface area contributed by atoms with E-state index < -0.39 is 0 Å². The summed E-state index contributed by atoms with van der Waals surface area (Å²) in [6, 6.07) is 6.78. The molecule has 2 aromatic rings. The molecule has 1 aromatic carbocycles. The Morgan fingerprint density at radius 3 is 2.62 bits per heavy atom. The fourth-order valence-electron chi connectivity index (χ4n) is 1.55. The van der Waals surface area contributed by atoms with Crippen molar-refractivity contribution >= 4 is 5.69 Å². The highest BCUT2D eigenvalue weighted by Gasteiger charge is 2.07. The standard InChI is InChI=1S/C13H13FN2/c1-8-3-4-11(14)10(5-8)13-6-9(2)12(15)7-16-13/h3-7H,15H2,1-2H3. The van der Waals surface area contributed by atoms with Crippen LogP contribution in [0.15, 0.2) is 30.5 Å². The number of aryl methyl sites for hydroxylation is 2. The van der Waals surface area contributed by atoms with Gasteiger partial charge in [-0.2, -0.15) is 0 Å². The lowest BCUT2D eigenvalue weighted by Gasteiger charge is -2.06. The van der Waals surface area contributed by atoms with Gasteiger partial charge in [0.15, 0.2) is 0 Å². The van der Waals surface area contributed by atoms with Gasteiger partial charge in [0.2, 0.25) is 0 Å². The van der Waals surface area contributed by atoms with Crippen LogP contribution in [0.5, 0.6) is 0 Å². The van der Waals surface area contributed by atoms with Crippen molar-refractivity contribution in [3.05, 3.63) is 47.4 Å². The van der Waals surface area contributed by atoms with Gasteiger partial charge in [0.25, 0.3) is 0 Å². The first-order chi connectivity index (χ1) is 7.58. The van der Waals surface area contributed by atoms with Crippen molar-refractivity contribution in [3.63, 3.8) is 0 Å². The topological polar surface area (TPSA) is 38.9 Å². The van der Waals surface area contributed by atoms with Crippen LogP contribution in [0.25, 0.3) is 11.3 Å². The molecule has 82 valence electrons. The molecular weight excluding hydrogens is 203 g/mol. The van der Waals surface area contributed by atoms with E-state index in [-0.39, 0.29) is 5.82 Å². The number of hydrogen-bond donors (Lipinski definition) is 1. The number of aromatic nitrogens is 1. The van der Waals surface area contributed by atoms with Crippen LogP contribution in [0.1, 0.15) is 11.1 Å². The molecule has 0 aliphatic rings. The molecule has 0 aliphatic carbocycles. The number of benzene rings is 1. The van der Waals surface area contributed by atoms with Crippen molar-refractivity contribution < 1.29 is 4.39 Å². The minimum atomic E-state index is -0.262. The first-order valence-electron chi connectivity index (χ1n) is 5.06. The smallest absolute Gasteiger partial charge is 0.132 e. The van der Waals surface area contributed by atoms with Gasteiger partial charge in [-0.15, -0.1) is 0 Å². The Morgan fingerprint density at radius 1 is 1.19 bits per heavy atom. The molecule has 0 fully saturated rings. The fraction of sp³-hybridized carbons (Fsp3) is 0.154. The van der Waals surface area contributed by atoms with Gasteiger partial charge in [0, 0.05) is 5.56 Å². The normalized spacial score (nSPS) is 10.4. The van der Waals surface area contributed by atoms with Crippen LogP contribution in [0, 0.1) is 19.7 Å². The first-order valence-corrected chi connectivity index (χ1v) is 5.06. The third-order valence-electron chi connectivity index (χ3n) is 2.55. The molecule has 0 amide bonds. The lowest BCUT2D eigenvalue weighted by Crippen LogP contribution is -1.94. The highest BCUT2D eigenvalue weighted by Crippen LogP contribution is 2.24. The van der Waals surface area contributed by atoms with E-state index in [1.54, 1.807) is 24.4 Å². The summed E-state index contributed by atoms with van der Waals surface area (Å²) >= 11 is 0. The molecule has 0 bridgehead atoms. The van der Waals surface area contributed by atoms with Crippen LogP contribution in [-0.4, -0.2) is 4.98 Å². The van der Waals surface area contributed by atoms with Gasteiger partial charge in [0.05, 0.1) is 17.6 Å². The van der Waals surface area contributed by atoms with E-state index in [9.17, 15) is 4.39 Å². The van der Waals surface area contributed by atoms with E-state index in [0.29, 0.717) is 16.9 Å². The van der Waals surface area contributed by atoms with E-state index in [1.807, 2.05) is 13.8 Å². The Bertz CT molecular complexity index is 535. The average molecular weight is 216 g/mol. The van der Waals surface area contributed by atoms with Crippen LogP contribution in [0.4, 0.5) is 10.1 Å². The zero-order valence-electron chi connectivity index (χ0n) is 9.29. The highest BCUT2D eigenvalue weighted by molar-refractivity contribution is 5.64. The molecule has 1 heterocycles. The summed E-state index contributed by atoms with van der Waals surface area (Å²) < 4.78 is 13.6. The molecule has 0 unspecified atom stereocenters. The van der Waals surface area contributed by atoms with Gasteiger partial charge in [-0.1, -0.05) is 11.6 Å². The predicted molar refractivity (Wildman–Crippen MR) is 63.5 cm³/mol. The van der Waals surface area contributed by atoms with Gasteiger partial charge in [0.1, 0.15) is 5.82 Å². The van der Waals surface area contributed by atoms with Gasteiger partial charge in [-0.25, -0.2) is 4.39 Å². The van der Waals surface area contributed by atoms with E-state index in [0.717, 1.165) is 11.1 Å². The lowest BCUT2D eigenvalue weighted by atomic mass is 10.1. The molecular formula is C13H13FN2. The maximum Gasteiger partial charge on any atom is 0.132 e. The van der Waals surface area contributed by atoms with Crippen molar-refractivity contribution in [3.8, 4) is 11.3 Å². The summed E-state index contributed by atoms with van der Waals surface area (Å²) in [5.74, 6) is -0.262. The molecule has 16 heavy (non-hydrogen) atoms. The predicted octanol–water partition coefficient (Wildman–Crippen LogP) is 3.09. The Hall–Kier alpha value is -1.90. The third-order valence-corrected chi connectivity index (χ3v) is 2.55. The summed E-state index contributed by atoms with van der Waals surface area (Å²) in [5, 5.41) is 0. The van der Waals surface area contributed by atoms with Crippen molar-refractivity contribution in [2.24, 2.45) is 0 Å². The first kappa shape index (κ1) is 10.6. The van der Waals surface area contributed by atoms with Gasteiger partial charge >= 0.3 is 0 Å². The minimum absolute atomic E-state index is 0.262. The maximum atomic E-state index is 13.6. The van der Waals surface area contributed by atoms with Crippen molar-refractivity contribution in [2.45, 2.75) is 13.8 Å². The number of nitrogens with two attached hydrogens (primary N) is 1. The van der Waals surface area contributed by atoms with Crippen LogP contribution in [0.3, 0.4) is 0 Å². The summed E-state index contributed by atoms with van der Waals surface area (Å²) in [4.78, 5) is 4.15. The van der Waals surface area contributed by atoms with E-state index in [4.69, 9.17) is 5.73 Å². The van der Waals surface area contributed by atoms with Crippen LogP contribution >= 0.6 is 0 Å². The Morgan fingerprint density at radius 2 is 1.94 bits per heavy atom. The quantitative estimate of drug-likeness (QED) is 0.795. The minimum Gasteiger partial charge on any atom is -0.397 e. The zero-order valence-corrected chi connectivity index (χ0v) is 9.29. The van der Waals surface area contributed by atoms with Crippen LogP contribution < -0.4 is 5.73 Å². The molecule has 0 aliphatic heterocycles. The van der Waals surface area contributed by atoms with E-state index >= 15 is 0 Å². The maximum absolute atomic E-state index is 13.6. The summed E-state index contributed by atoms with van der Waals surface area (Å²) in [6.07, 6.45) is 1.56. The molecule has 2 nitrogen and oxygen atoms in total. The largest absolute Gasteiger partial charge is 0.397 e. The number of nitrogens with zero attached hydrogens (tertiary/aromatic N) is 1. The van der Waals surface area contributed by atoms with Gasteiger partial charge in [-0.3, -0.25) is 4.98 Å². The van der Waals surface area contributed by atoms with Crippen LogP contribution in [-0.2, 0) is 0 Å². The van der Waals surface area contributed by atoms with Crippen molar-refractivity contribution in [1.29, 1.82) is 0 Å². The molecule has 0 saturated carbocycles. The van der Waals surface area contributed by atoms with Crippen molar-refractivity contribution in [2.75, 3.05) is 5.73 Å². The number of hydrogen-bond acceptors (Lipinski definition) is 2. The number of pyridine rings is 1. The molecule has 3 heteroatoms. The third kappa shape index (κ3) is 1.89. The molecule has 2 rings (SSSR count). The highest BCUT2D eigenvalue weighted by atomic mass is 19.1. The summed E-state index contributed by atoms with van der Waals surface area (Å²) in [5.41, 5.74) is 9.35. The van der Waals surface area contributed by atoms with Crippen LogP contribution in [0.2, 0.25) is 0 Å². The Balaban J connectivity index is 2.58.